The van der Waals surface area contributed by atoms with Crippen molar-refractivity contribution in [2.75, 3.05) is 0 Å². The molecule has 0 saturated carbocycles. The summed E-state index contributed by atoms with van der Waals surface area (Å²) in [6.07, 6.45) is 2.35. The van der Waals surface area contributed by atoms with Crippen molar-refractivity contribution in [3.8, 4) is 11.1 Å². The SMILES string of the molecule is CCc1ccc(C2CCc3c(ccc(-c4cccc(F)c4F)c3F)C2)c(F)c1. The summed E-state index contributed by atoms with van der Waals surface area (Å²) in [6, 6.07) is 12.3. The Morgan fingerprint density at radius 3 is 2.39 bits per heavy atom. The number of hydrogen-bond donors (Lipinski definition) is 0. The van der Waals surface area contributed by atoms with Crippen molar-refractivity contribution in [2.45, 2.75) is 38.5 Å². The summed E-state index contributed by atoms with van der Waals surface area (Å²) in [6.45, 7) is 1.98. The van der Waals surface area contributed by atoms with Crippen molar-refractivity contribution in [1.29, 1.82) is 0 Å². The van der Waals surface area contributed by atoms with Crippen molar-refractivity contribution < 1.29 is 17.6 Å². The minimum Gasteiger partial charge on any atom is -0.207 e. The predicted octanol–water partition coefficient (Wildman–Crippen LogP) is 6.74. The zero-order valence-electron chi connectivity index (χ0n) is 15.5. The van der Waals surface area contributed by atoms with Crippen LogP contribution >= 0.6 is 0 Å². The van der Waals surface area contributed by atoms with Gasteiger partial charge in [-0.2, -0.15) is 0 Å². The first-order chi connectivity index (χ1) is 13.5. The summed E-state index contributed by atoms with van der Waals surface area (Å²) in [5, 5.41) is 0. The molecule has 0 nitrogen and oxygen atoms in total. The average Bonchev–Trinajstić information content (AvgIpc) is 2.70. The van der Waals surface area contributed by atoms with Crippen molar-refractivity contribution >= 4 is 0 Å². The molecule has 0 aromatic heterocycles. The molecule has 3 aromatic carbocycles. The van der Waals surface area contributed by atoms with Crippen LogP contribution in [0.5, 0.6) is 0 Å². The third-order valence-electron chi connectivity index (χ3n) is 5.70. The van der Waals surface area contributed by atoms with E-state index in [4.69, 9.17) is 0 Å². The molecule has 144 valence electrons. The van der Waals surface area contributed by atoms with Crippen molar-refractivity contribution in [3.63, 3.8) is 0 Å². The van der Waals surface area contributed by atoms with Crippen LogP contribution in [0.3, 0.4) is 0 Å². The summed E-state index contributed by atoms with van der Waals surface area (Å²) in [7, 11) is 0. The van der Waals surface area contributed by atoms with Gasteiger partial charge in [-0.15, -0.1) is 0 Å². The molecular formula is C24H20F4. The maximum atomic E-state index is 15.1. The molecule has 1 unspecified atom stereocenters. The highest BCUT2D eigenvalue weighted by molar-refractivity contribution is 5.67. The normalized spacial score (nSPS) is 16.1. The zero-order valence-corrected chi connectivity index (χ0v) is 15.5. The van der Waals surface area contributed by atoms with Crippen molar-refractivity contribution in [3.05, 3.63) is 94.1 Å². The smallest absolute Gasteiger partial charge is 0.166 e. The largest absolute Gasteiger partial charge is 0.207 e. The van der Waals surface area contributed by atoms with Gasteiger partial charge in [0.05, 0.1) is 0 Å². The van der Waals surface area contributed by atoms with Gasteiger partial charge in [0.25, 0.3) is 0 Å². The lowest BCUT2D eigenvalue weighted by molar-refractivity contribution is 0.507. The number of benzene rings is 3. The van der Waals surface area contributed by atoms with Crippen LogP contribution in [0.4, 0.5) is 17.6 Å². The molecule has 0 fully saturated rings. The second-order valence-corrected chi connectivity index (χ2v) is 7.32. The Bertz CT molecular complexity index is 1040. The molecule has 0 saturated heterocycles. The highest BCUT2D eigenvalue weighted by Gasteiger charge is 2.26. The Hall–Kier alpha value is -2.62. The van der Waals surface area contributed by atoms with E-state index in [1.165, 1.54) is 18.2 Å². The summed E-state index contributed by atoms with van der Waals surface area (Å²) in [5.41, 5.74) is 2.90. The number of rotatable bonds is 3. The molecule has 0 aliphatic heterocycles. The van der Waals surface area contributed by atoms with Gasteiger partial charge in [0.2, 0.25) is 0 Å². The van der Waals surface area contributed by atoms with Gasteiger partial charge >= 0.3 is 0 Å². The Morgan fingerprint density at radius 2 is 1.64 bits per heavy atom. The van der Waals surface area contributed by atoms with Gasteiger partial charge in [0.1, 0.15) is 11.6 Å². The van der Waals surface area contributed by atoms with E-state index in [2.05, 4.69) is 0 Å². The van der Waals surface area contributed by atoms with Gasteiger partial charge in [0, 0.05) is 11.1 Å². The number of fused-ring (bicyclic) bond motifs is 1. The summed E-state index contributed by atoms with van der Waals surface area (Å²) >= 11 is 0. The lowest BCUT2D eigenvalue weighted by atomic mass is 9.78. The highest BCUT2D eigenvalue weighted by Crippen LogP contribution is 2.38. The van der Waals surface area contributed by atoms with Gasteiger partial charge in [-0.1, -0.05) is 43.3 Å². The standard InChI is InChI=1S/C24H20F4/c1-2-14-6-9-17(22(26)12-14)15-7-10-18-16(13-15)8-11-20(23(18)27)19-4-3-5-21(25)24(19)28/h3-6,8-9,11-12,15H,2,7,10,13H2,1H3. The molecule has 0 N–H and O–H groups in total. The third kappa shape index (κ3) is 3.21. The van der Waals surface area contributed by atoms with Crippen LogP contribution in [-0.4, -0.2) is 0 Å². The molecule has 1 atom stereocenters. The topological polar surface area (TPSA) is 0 Å². The molecule has 28 heavy (non-hydrogen) atoms. The van der Waals surface area contributed by atoms with Gasteiger partial charge in [-0.05, 0) is 66.0 Å². The van der Waals surface area contributed by atoms with Crippen LogP contribution in [0.25, 0.3) is 11.1 Å². The van der Waals surface area contributed by atoms with E-state index < -0.39 is 17.5 Å². The van der Waals surface area contributed by atoms with Crippen LogP contribution in [0, 0.1) is 23.3 Å². The van der Waals surface area contributed by atoms with Crippen LogP contribution < -0.4 is 0 Å². The molecule has 0 radical (unpaired) electrons. The minimum atomic E-state index is -1.05. The van der Waals surface area contributed by atoms with Crippen LogP contribution in [0.15, 0.2) is 48.5 Å². The molecular weight excluding hydrogens is 364 g/mol. The Labute approximate surface area is 161 Å². The van der Waals surface area contributed by atoms with E-state index in [1.807, 2.05) is 19.1 Å². The predicted molar refractivity (Wildman–Crippen MR) is 102 cm³/mol. The van der Waals surface area contributed by atoms with E-state index in [-0.39, 0.29) is 22.9 Å². The number of halogens is 4. The number of aryl methyl sites for hydroxylation is 1. The van der Waals surface area contributed by atoms with Crippen molar-refractivity contribution in [2.24, 2.45) is 0 Å². The zero-order chi connectivity index (χ0) is 19.8. The van der Waals surface area contributed by atoms with Gasteiger partial charge in [0.15, 0.2) is 11.6 Å². The minimum absolute atomic E-state index is 0.0189. The first-order valence-electron chi connectivity index (χ1n) is 9.52. The second kappa shape index (κ2) is 7.42. The monoisotopic (exact) mass is 384 g/mol. The molecule has 0 spiro atoms. The summed E-state index contributed by atoms with van der Waals surface area (Å²) in [5.74, 6) is -2.79. The third-order valence-corrected chi connectivity index (χ3v) is 5.70. The van der Waals surface area contributed by atoms with Crippen LogP contribution in [-0.2, 0) is 19.3 Å². The van der Waals surface area contributed by atoms with E-state index in [0.29, 0.717) is 30.4 Å². The Balaban J connectivity index is 1.68. The molecule has 1 aliphatic rings. The van der Waals surface area contributed by atoms with E-state index in [1.54, 1.807) is 12.1 Å². The Morgan fingerprint density at radius 1 is 0.857 bits per heavy atom. The lowest BCUT2D eigenvalue weighted by Gasteiger charge is -2.26. The fourth-order valence-corrected chi connectivity index (χ4v) is 4.12. The lowest BCUT2D eigenvalue weighted by Crippen LogP contribution is -2.16. The molecule has 0 heterocycles. The average molecular weight is 384 g/mol. The van der Waals surface area contributed by atoms with Gasteiger partial charge < -0.3 is 0 Å². The molecule has 4 heteroatoms. The van der Waals surface area contributed by atoms with Crippen LogP contribution in [0.2, 0.25) is 0 Å². The van der Waals surface area contributed by atoms with Gasteiger partial charge in [-0.25, -0.2) is 17.6 Å². The number of hydrogen-bond acceptors (Lipinski definition) is 0. The van der Waals surface area contributed by atoms with Crippen LogP contribution in [0.1, 0.15) is 41.5 Å². The molecule has 0 amide bonds. The van der Waals surface area contributed by atoms with E-state index in [0.717, 1.165) is 23.6 Å². The van der Waals surface area contributed by atoms with Gasteiger partial charge in [-0.3, -0.25) is 0 Å². The molecule has 4 rings (SSSR count). The summed E-state index contributed by atoms with van der Waals surface area (Å²) in [4.78, 5) is 0. The second-order valence-electron chi connectivity index (χ2n) is 7.32. The molecule has 3 aromatic rings. The maximum absolute atomic E-state index is 15.1. The highest BCUT2D eigenvalue weighted by atomic mass is 19.2. The fraction of sp³-hybridized carbons (Fsp3) is 0.250. The van der Waals surface area contributed by atoms with E-state index >= 15 is 4.39 Å². The molecule has 1 aliphatic carbocycles. The van der Waals surface area contributed by atoms with Crippen molar-refractivity contribution in [1.82, 2.24) is 0 Å². The van der Waals surface area contributed by atoms with E-state index in [9.17, 15) is 13.2 Å². The first-order valence-corrected chi connectivity index (χ1v) is 9.52. The first kappa shape index (κ1) is 18.7. The Kier molecular flexibility index (Phi) is 4.96. The molecule has 0 bridgehead atoms. The fourth-order valence-electron chi connectivity index (χ4n) is 4.12. The summed E-state index contributed by atoms with van der Waals surface area (Å²) < 4.78 is 57.2. The maximum Gasteiger partial charge on any atom is 0.166 e. The quantitative estimate of drug-likeness (QED) is 0.439.